The van der Waals surface area contributed by atoms with Crippen LogP contribution < -0.4 is 10.6 Å². The number of carboxylic acids is 1. The van der Waals surface area contributed by atoms with Gasteiger partial charge in [0.25, 0.3) is 0 Å². The highest BCUT2D eigenvalue weighted by Crippen LogP contribution is 2.19. The molecule has 0 radical (unpaired) electrons. The van der Waals surface area contributed by atoms with E-state index in [9.17, 15) is 19.2 Å². The van der Waals surface area contributed by atoms with Crippen molar-refractivity contribution in [2.24, 2.45) is 0 Å². The first-order chi connectivity index (χ1) is 9.97. The van der Waals surface area contributed by atoms with Gasteiger partial charge in [-0.25, -0.2) is 4.79 Å². The molecule has 0 aromatic carbocycles. The lowest BCUT2D eigenvalue weighted by Crippen LogP contribution is -2.58. The Hall–Kier alpha value is -1.77. The summed E-state index contributed by atoms with van der Waals surface area (Å²) in [6.45, 7) is 0.446. The molecule has 0 aromatic rings. The molecule has 2 atom stereocenters. The smallest absolute Gasteiger partial charge is 0.318 e. The number of aliphatic carboxylic acids is 1. The Morgan fingerprint density at radius 3 is 2.86 bits per heavy atom. The summed E-state index contributed by atoms with van der Waals surface area (Å²) in [5, 5.41) is 13.6. The van der Waals surface area contributed by atoms with Crippen molar-refractivity contribution in [3.63, 3.8) is 0 Å². The van der Waals surface area contributed by atoms with Crippen LogP contribution in [0.2, 0.25) is 0 Å². The lowest BCUT2D eigenvalue weighted by atomic mass is 10.1. The standard InChI is InChI=1S/C12H17N3O5S/c16-9-2-1-8(11(19)14-9)13-12(20)15-3-4-21-6-7(15)5-10(17)18/h7-8H,1-6H2,(H,13,20)(H,17,18)(H,14,16,19). The highest BCUT2D eigenvalue weighted by Gasteiger charge is 2.33. The maximum absolute atomic E-state index is 12.2. The number of rotatable bonds is 3. The Labute approximate surface area is 125 Å². The van der Waals surface area contributed by atoms with Crippen molar-refractivity contribution in [2.75, 3.05) is 18.1 Å². The van der Waals surface area contributed by atoms with E-state index in [1.165, 1.54) is 4.90 Å². The molecule has 2 aliphatic rings. The molecule has 21 heavy (non-hydrogen) atoms. The van der Waals surface area contributed by atoms with Crippen molar-refractivity contribution in [1.29, 1.82) is 0 Å². The molecule has 0 bridgehead atoms. The highest BCUT2D eigenvalue weighted by molar-refractivity contribution is 7.99. The van der Waals surface area contributed by atoms with Gasteiger partial charge >= 0.3 is 12.0 Å². The van der Waals surface area contributed by atoms with Crippen molar-refractivity contribution >= 4 is 35.6 Å². The molecule has 3 N–H and O–H groups in total. The lowest BCUT2D eigenvalue weighted by molar-refractivity contribution is -0.138. The molecule has 2 heterocycles. The van der Waals surface area contributed by atoms with Gasteiger partial charge < -0.3 is 15.3 Å². The van der Waals surface area contributed by atoms with Crippen LogP contribution >= 0.6 is 11.8 Å². The quantitative estimate of drug-likeness (QED) is 0.599. The van der Waals surface area contributed by atoms with Gasteiger partial charge in [-0.05, 0) is 6.42 Å². The summed E-state index contributed by atoms with van der Waals surface area (Å²) < 4.78 is 0. The van der Waals surface area contributed by atoms with Gasteiger partial charge in [0, 0.05) is 24.5 Å². The Morgan fingerprint density at radius 2 is 2.19 bits per heavy atom. The lowest BCUT2D eigenvalue weighted by Gasteiger charge is -2.35. The molecule has 2 saturated heterocycles. The summed E-state index contributed by atoms with van der Waals surface area (Å²) in [5.41, 5.74) is 0. The number of imide groups is 1. The largest absolute Gasteiger partial charge is 0.481 e. The monoisotopic (exact) mass is 315 g/mol. The van der Waals surface area contributed by atoms with Gasteiger partial charge in [-0.1, -0.05) is 0 Å². The molecule has 2 unspecified atom stereocenters. The first-order valence-corrected chi connectivity index (χ1v) is 7.83. The molecule has 2 fully saturated rings. The van der Waals surface area contributed by atoms with Crippen LogP contribution in [0.4, 0.5) is 4.79 Å². The van der Waals surface area contributed by atoms with E-state index in [0.717, 1.165) is 5.75 Å². The van der Waals surface area contributed by atoms with E-state index in [0.29, 0.717) is 12.3 Å². The minimum absolute atomic E-state index is 0.115. The van der Waals surface area contributed by atoms with Crippen LogP contribution in [0.15, 0.2) is 0 Å². The van der Waals surface area contributed by atoms with Crippen molar-refractivity contribution in [2.45, 2.75) is 31.3 Å². The van der Waals surface area contributed by atoms with E-state index in [1.807, 2.05) is 0 Å². The Bertz CT molecular complexity index is 470. The minimum atomic E-state index is -0.957. The molecular weight excluding hydrogens is 298 g/mol. The van der Waals surface area contributed by atoms with Gasteiger partial charge in [0.2, 0.25) is 11.8 Å². The molecule has 2 rings (SSSR count). The zero-order valence-electron chi connectivity index (χ0n) is 11.3. The van der Waals surface area contributed by atoms with Gasteiger partial charge in [-0.15, -0.1) is 0 Å². The summed E-state index contributed by atoms with van der Waals surface area (Å²) in [6.07, 6.45) is 0.337. The topological polar surface area (TPSA) is 116 Å². The second-order valence-corrected chi connectivity index (χ2v) is 6.12. The van der Waals surface area contributed by atoms with E-state index in [2.05, 4.69) is 10.6 Å². The summed E-state index contributed by atoms with van der Waals surface area (Å²) in [4.78, 5) is 47.2. The fraction of sp³-hybridized carbons (Fsp3) is 0.667. The van der Waals surface area contributed by atoms with E-state index in [-0.39, 0.29) is 31.2 Å². The van der Waals surface area contributed by atoms with Gasteiger partial charge in [0.1, 0.15) is 6.04 Å². The molecule has 0 aromatic heterocycles. The first-order valence-electron chi connectivity index (χ1n) is 6.67. The minimum Gasteiger partial charge on any atom is -0.481 e. The van der Waals surface area contributed by atoms with E-state index < -0.39 is 23.9 Å². The Balaban J connectivity index is 1.95. The third-order valence-corrected chi connectivity index (χ3v) is 4.53. The number of hydrogen-bond donors (Lipinski definition) is 3. The fourth-order valence-electron chi connectivity index (χ4n) is 2.36. The predicted molar refractivity (Wildman–Crippen MR) is 74.8 cm³/mol. The molecule has 2 aliphatic heterocycles. The van der Waals surface area contributed by atoms with Crippen molar-refractivity contribution in [3.05, 3.63) is 0 Å². The summed E-state index contributed by atoms with van der Waals surface area (Å²) in [5.74, 6) is -0.515. The number of hydrogen-bond acceptors (Lipinski definition) is 5. The number of amides is 4. The number of piperidine rings is 1. The van der Waals surface area contributed by atoms with Gasteiger partial charge in [0.05, 0.1) is 12.5 Å². The van der Waals surface area contributed by atoms with Gasteiger partial charge in [-0.3, -0.25) is 19.7 Å². The van der Waals surface area contributed by atoms with Crippen molar-refractivity contribution in [1.82, 2.24) is 15.5 Å². The summed E-state index contributed by atoms with van der Waals surface area (Å²) in [7, 11) is 0. The van der Waals surface area contributed by atoms with Crippen molar-refractivity contribution in [3.8, 4) is 0 Å². The van der Waals surface area contributed by atoms with Crippen molar-refractivity contribution < 1.29 is 24.3 Å². The molecule has 9 heteroatoms. The van der Waals surface area contributed by atoms with E-state index in [1.54, 1.807) is 11.8 Å². The summed E-state index contributed by atoms with van der Waals surface area (Å²) >= 11 is 1.60. The maximum atomic E-state index is 12.2. The second kappa shape index (κ2) is 6.79. The molecular formula is C12H17N3O5S. The third-order valence-electron chi connectivity index (χ3n) is 3.44. The number of nitrogens with one attached hydrogen (secondary N) is 2. The van der Waals surface area contributed by atoms with E-state index >= 15 is 0 Å². The van der Waals surface area contributed by atoms with E-state index in [4.69, 9.17) is 5.11 Å². The SMILES string of the molecule is O=C(O)CC1CSCCN1C(=O)NC1CCC(=O)NC1=O. The number of carbonyl (C=O) groups is 4. The molecule has 0 spiro atoms. The van der Waals surface area contributed by atoms with Gasteiger partial charge in [0.15, 0.2) is 0 Å². The normalized spacial score (nSPS) is 26.2. The number of urea groups is 1. The van der Waals surface area contributed by atoms with Crippen LogP contribution in [-0.2, 0) is 14.4 Å². The average molecular weight is 315 g/mol. The third kappa shape index (κ3) is 4.10. The number of carboxylic acid groups (broad SMARTS) is 1. The van der Waals surface area contributed by atoms with Crippen LogP contribution in [0.25, 0.3) is 0 Å². The molecule has 116 valence electrons. The van der Waals surface area contributed by atoms with Crippen LogP contribution in [0.1, 0.15) is 19.3 Å². The first kappa shape index (κ1) is 15.6. The van der Waals surface area contributed by atoms with Crippen LogP contribution in [0, 0.1) is 0 Å². The molecule has 0 aliphatic carbocycles. The zero-order valence-corrected chi connectivity index (χ0v) is 12.1. The number of carbonyl (C=O) groups excluding carboxylic acids is 3. The second-order valence-electron chi connectivity index (χ2n) is 4.97. The van der Waals surface area contributed by atoms with Crippen LogP contribution in [0.3, 0.4) is 0 Å². The Kier molecular flexibility index (Phi) is 5.05. The fourth-order valence-corrected chi connectivity index (χ4v) is 3.42. The highest BCUT2D eigenvalue weighted by atomic mass is 32.2. The molecule has 4 amide bonds. The van der Waals surface area contributed by atoms with Crippen LogP contribution in [0.5, 0.6) is 0 Å². The number of nitrogens with zero attached hydrogens (tertiary/aromatic N) is 1. The number of thioether (sulfide) groups is 1. The zero-order chi connectivity index (χ0) is 15.4. The molecule has 0 saturated carbocycles. The molecule has 8 nitrogen and oxygen atoms in total. The average Bonchev–Trinajstić information content (AvgIpc) is 2.42. The predicted octanol–water partition coefficient (Wildman–Crippen LogP) is -0.607. The summed E-state index contributed by atoms with van der Waals surface area (Å²) in [6, 6.07) is -1.57. The van der Waals surface area contributed by atoms with Crippen LogP contribution in [-0.4, -0.2) is 64.0 Å². The van der Waals surface area contributed by atoms with Gasteiger partial charge in [-0.2, -0.15) is 11.8 Å². The Morgan fingerprint density at radius 1 is 1.43 bits per heavy atom. The maximum Gasteiger partial charge on any atom is 0.318 e.